The van der Waals surface area contributed by atoms with Gasteiger partial charge in [-0.3, -0.25) is 4.76 Å². The Kier molecular flexibility index (Phi) is 9.37. The van der Waals surface area contributed by atoms with E-state index in [1.54, 1.807) is 0 Å². The highest BCUT2D eigenvalue weighted by atomic mass is 31.2. The van der Waals surface area contributed by atoms with E-state index in [-0.39, 0.29) is 6.04 Å². The predicted molar refractivity (Wildman–Crippen MR) is 137 cm³/mol. The van der Waals surface area contributed by atoms with Gasteiger partial charge in [0, 0.05) is 12.1 Å². The molecule has 0 bridgehead atoms. The minimum Gasteiger partial charge on any atom is -0.253 e. The number of nitrogens with zero attached hydrogens (tertiary/aromatic N) is 4. The van der Waals surface area contributed by atoms with Gasteiger partial charge < -0.3 is 0 Å². The molecule has 0 heterocycles. The monoisotopic (exact) mass is 441 g/mol. The van der Waals surface area contributed by atoms with Gasteiger partial charge >= 0.3 is 0 Å². The molecule has 6 heteroatoms. The Morgan fingerprint density at radius 1 is 0.900 bits per heavy atom. The summed E-state index contributed by atoms with van der Waals surface area (Å²) in [7, 11) is -3.69. The average molecular weight is 442 g/mol. The first kappa shape index (κ1) is 24.4. The lowest BCUT2D eigenvalue weighted by molar-refractivity contribution is 0.705. The van der Waals surface area contributed by atoms with Gasteiger partial charge in [-0.15, -0.1) is 4.52 Å². The summed E-state index contributed by atoms with van der Waals surface area (Å²) in [4.78, 5) is 4.58. The van der Waals surface area contributed by atoms with E-state index in [2.05, 4.69) is 98.9 Å². The molecule has 0 aliphatic rings. The summed E-state index contributed by atoms with van der Waals surface area (Å²) in [6.07, 6.45) is 4.03. The summed E-state index contributed by atoms with van der Waals surface area (Å²) in [5, 5.41) is 0. The molecule has 2 unspecified atom stereocenters. The van der Waals surface area contributed by atoms with Crippen LogP contribution < -0.4 is 0 Å². The van der Waals surface area contributed by atoms with Crippen LogP contribution in [0.15, 0.2) is 79.7 Å². The van der Waals surface area contributed by atoms with Crippen molar-refractivity contribution in [3.63, 3.8) is 0 Å². The molecule has 0 fully saturated rings. The fraction of sp³-hybridized carbons (Fsp3) is 0.417. The van der Waals surface area contributed by atoms with Gasteiger partial charge in [0.2, 0.25) is 0 Å². The van der Waals surface area contributed by atoms with Crippen LogP contribution in [-0.4, -0.2) is 38.9 Å². The first-order chi connectivity index (χ1) is 14.3. The number of benzene rings is 2. The Morgan fingerprint density at radius 3 is 2.00 bits per heavy atom. The molecule has 0 amide bonds. The summed E-state index contributed by atoms with van der Waals surface area (Å²) in [6, 6.07) is 23.9. The fourth-order valence-electron chi connectivity index (χ4n) is 3.23. The largest absolute Gasteiger partial charge is 0.256 e. The summed E-state index contributed by atoms with van der Waals surface area (Å²) < 4.78 is 14.6. The molecule has 0 aliphatic carbocycles. The molecule has 0 saturated carbocycles. The minimum atomic E-state index is -1.88. The van der Waals surface area contributed by atoms with Crippen LogP contribution in [0.1, 0.15) is 49.8 Å². The summed E-state index contributed by atoms with van der Waals surface area (Å²) in [5.74, 6) is 0.323. The van der Waals surface area contributed by atoms with Crippen molar-refractivity contribution in [1.29, 1.82) is 0 Å². The van der Waals surface area contributed by atoms with Crippen LogP contribution in [0.4, 0.5) is 0 Å². The van der Waals surface area contributed by atoms with Gasteiger partial charge in [0.25, 0.3) is 7.56 Å². The lowest BCUT2D eigenvalue weighted by Crippen LogP contribution is -1.98. The maximum absolute atomic E-state index is 5.07. The van der Waals surface area contributed by atoms with Crippen LogP contribution >= 0.6 is 14.8 Å². The molecule has 0 radical (unpaired) electrons. The molecular formula is C24H35N4P2+. The molecule has 0 N–H and O–H groups in total. The van der Waals surface area contributed by atoms with Crippen molar-refractivity contribution >= 4 is 27.0 Å². The van der Waals surface area contributed by atoms with Crippen molar-refractivity contribution in [3.05, 3.63) is 71.8 Å². The first-order valence-electron chi connectivity index (χ1n) is 10.5. The van der Waals surface area contributed by atoms with E-state index in [4.69, 9.17) is 9.28 Å². The van der Waals surface area contributed by atoms with Gasteiger partial charge in [0.1, 0.15) is 13.2 Å². The zero-order chi connectivity index (χ0) is 22.0. The third-order valence-corrected chi connectivity index (χ3v) is 9.49. The zero-order valence-electron chi connectivity index (χ0n) is 19.1. The van der Waals surface area contributed by atoms with Crippen molar-refractivity contribution in [3.8, 4) is 0 Å². The van der Waals surface area contributed by atoms with Gasteiger partial charge in [-0.1, -0.05) is 74.5 Å². The minimum absolute atomic E-state index is 0.0898. The van der Waals surface area contributed by atoms with Crippen molar-refractivity contribution in [2.75, 3.05) is 26.7 Å². The Labute approximate surface area is 183 Å². The van der Waals surface area contributed by atoms with Gasteiger partial charge in [0.05, 0.1) is 19.4 Å². The number of rotatable bonds is 9. The second kappa shape index (κ2) is 11.5. The van der Waals surface area contributed by atoms with Crippen LogP contribution in [0.2, 0.25) is 0 Å². The Bertz CT molecular complexity index is 924. The van der Waals surface area contributed by atoms with Gasteiger partial charge in [0.15, 0.2) is 0 Å². The van der Waals surface area contributed by atoms with Gasteiger partial charge in [-0.25, -0.2) is 4.99 Å². The molecule has 2 rings (SSSR count). The fourth-order valence-corrected chi connectivity index (χ4v) is 8.62. The average Bonchev–Trinajstić information content (AvgIpc) is 2.72. The summed E-state index contributed by atoms with van der Waals surface area (Å²) in [5.41, 5.74) is 2.49. The van der Waals surface area contributed by atoms with Crippen LogP contribution in [0.3, 0.4) is 0 Å². The number of aliphatic imine (C=N–C) groups is 1. The highest BCUT2D eigenvalue weighted by molar-refractivity contribution is 7.79. The highest BCUT2D eigenvalue weighted by Gasteiger charge is 2.27. The van der Waals surface area contributed by atoms with E-state index in [9.17, 15) is 0 Å². The van der Waals surface area contributed by atoms with Crippen LogP contribution in [0.25, 0.3) is 0 Å². The molecule has 0 aliphatic heterocycles. The maximum Gasteiger partial charge on any atom is 0.256 e. The van der Waals surface area contributed by atoms with Crippen LogP contribution in [-0.2, 0) is 0 Å². The second-order valence-electron chi connectivity index (χ2n) is 8.12. The van der Waals surface area contributed by atoms with E-state index in [0.29, 0.717) is 5.92 Å². The molecule has 160 valence electrons. The van der Waals surface area contributed by atoms with E-state index in [1.807, 2.05) is 24.3 Å². The molecule has 30 heavy (non-hydrogen) atoms. The first-order valence-corrected chi connectivity index (χ1v) is 15.7. The molecule has 0 aromatic heterocycles. The third kappa shape index (κ3) is 8.11. The van der Waals surface area contributed by atoms with Crippen molar-refractivity contribution in [1.82, 2.24) is 0 Å². The Morgan fingerprint density at radius 2 is 1.47 bits per heavy atom. The standard InChI is InChI=1S/C24H35N4P2/c1-7-21(22-15-11-9-12-16-22)19-26-29(3,4)28-30(5,6)27-20-25-24(8-2)23-17-13-10-14-18-23/h9-19,21,24H,7-8H2,1-6H3/q+1. The second-order valence-corrected chi connectivity index (χ2v) is 14.6. The topological polar surface area (TPSA) is 49.4 Å². The van der Waals surface area contributed by atoms with E-state index < -0.39 is 14.8 Å². The molecule has 2 aromatic carbocycles. The van der Waals surface area contributed by atoms with E-state index in [0.717, 1.165) is 12.8 Å². The molecule has 0 spiro atoms. The number of hydrogen-bond donors (Lipinski definition) is 0. The SMILES string of the molecule is CCC(C=NP(C)(C)=N[P+](C)(C)N=C=NC(CC)c1ccccc1)c1ccccc1. The van der Waals surface area contributed by atoms with Crippen molar-refractivity contribution in [2.24, 2.45) is 19.0 Å². The van der Waals surface area contributed by atoms with Crippen LogP contribution in [0.5, 0.6) is 0 Å². The highest BCUT2D eigenvalue weighted by Crippen LogP contribution is 2.63. The zero-order valence-corrected chi connectivity index (χ0v) is 20.9. The lowest BCUT2D eigenvalue weighted by Gasteiger charge is -2.13. The number of hydrogen-bond acceptors (Lipinski definition) is 3. The Balaban J connectivity index is 2.18. The van der Waals surface area contributed by atoms with Crippen molar-refractivity contribution < 1.29 is 0 Å². The van der Waals surface area contributed by atoms with E-state index in [1.165, 1.54) is 11.1 Å². The quantitative estimate of drug-likeness (QED) is 0.279. The summed E-state index contributed by atoms with van der Waals surface area (Å²) >= 11 is 0. The lowest BCUT2D eigenvalue weighted by atomic mass is 9.98. The molecule has 4 nitrogen and oxygen atoms in total. The molecular weight excluding hydrogens is 406 g/mol. The molecule has 2 aromatic rings. The maximum atomic E-state index is 5.07. The molecule has 2 atom stereocenters. The predicted octanol–water partition coefficient (Wildman–Crippen LogP) is 8.06. The smallest absolute Gasteiger partial charge is 0.253 e. The van der Waals surface area contributed by atoms with Gasteiger partial charge in [-0.2, -0.15) is 0 Å². The Hall–Kier alpha value is -1.85. The van der Waals surface area contributed by atoms with E-state index >= 15 is 0 Å². The van der Waals surface area contributed by atoms with Crippen LogP contribution in [0, 0.1) is 0 Å². The normalized spacial score (nSPS) is 14.1. The summed E-state index contributed by atoms with van der Waals surface area (Å²) in [6.45, 7) is 12.8. The third-order valence-electron chi connectivity index (χ3n) is 4.71. The van der Waals surface area contributed by atoms with Crippen molar-refractivity contribution in [2.45, 2.75) is 38.6 Å². The van der Waals surface area contributed by atoms with Gasteiger partial charge in [-0.05, 0) is 42.1 Å². The molecule has 0 saturated heterocycles.